The Hall–Kier alpha value is -2.22. The van der Waals surface area contributed by atoms with Crippen molar-refractivity contribution in [1.29, 1.82) is 5.26 Å². The first-order chi connectivity index (χ1) is 13.2. The van der Waals surface area contributed by atoms with Crippen molar-refractivity contribution in [2.45, 2.75) is 50.7 Å². The highest BCUT2D eigenvalue weighted by Gasteiger charge is 2.22. The Kier molecular flexibility index (Phi) is 7.38. The second kappa shape index (κ2) is 10.2. The van der Waals surface area contributed by atoms with E-state index in [0.29, 0.717) is 18.5 Å². The fourth-order valence-corrected chi connectivity index (χ4v) is 3.85. The predicted octanol–water partition coefficient (Wildman–Crippen LogP) is 4.81. The van der Waals surface area contributed by atoms with Crippen LogP contribution >= 0.6 is 0 Å². The average molecular weight is 365 g/mol. The Balaban J connectivity index is 1.52. The Morgan fingerprint density at radius 1 is 1.11 bits per heavy atom. The summed E-state index contributed by atoms with van der Waals surface area (Å²) in [6.45, 7) is 2.86. The van der Waals surface area contributed by atoms with Gasteiger partial charge in [-0.3, -0.25) is 4.90 Å². The molecule has 1 aliphatic heterocycles. The molecule has 142 valence electrons. The number of hydrogen-bond acceptors (Lipinski definition) is 3. The molecular formula is C23H28FN3. The standard InChI is InChI=1S/C23H28FN3/c24-21-10-6-7-19(17-21)18-27-15-12-22(13-16-27)26-23(11-4-5-14-25)20-8-2-1-3-9-20/h1-3,6-10,17,22-23,26H,4-5,11-13,15-16,18H2. The lowest BCUT2D eigenvalue weighted by atomic mass is 9.97. The third kappa shape index (κ3) is 6.16. The lowest BCUT2D eigenvalue weighted by molar-refractivity contribution is 0.182. The monoisotopic (exact) mass is 365 g/mol. The van der Waals surface area contributed by atoms with E-state index in [0.717, 1.165) is 50.9 Å². The molecule has 0 bridgehead atoms. The maximum absolute atomic E-state index is 13.4. The van der Waals surface area contributed by atoms with Crippen LogP contribution in [0, 0.1) is 17.1 Å². The minimum Gasteiger partial charge on any atom is -0.307 e. The quantitative estimate of drug-likeness (QED) is 0.682. The molecule has 0 saturated carbocycles. The zero-order valence-electron chi connectivity index (χ0n) is 15.8. The SMILES string of the molecule is N#CCCCC(NC1CCN(Cc2cccc(F)c2)CC1)c1ccccc1. The maximum Gasteiger partial charge on any atom is 0.123 e. The number of nitrogens with one attached hydrogen (secondary N) is 1. The zero-order chi connectivity index (χ0) is 18.9. The number of piperidine rings is 1. The zero-order valence-corrected chi connectivity index (χ0v) is 15.8. The fraction of sp³-hybridized carbons (Fsp3) is 0.435. The third-order valence-corrected chi connectivity index (χ3v) is 5.30. The summed E-state index contributed by atoms with van der Waals surface area (Å²) >= 11 is 0. The molecule has 1 saturated heterocycles. The molecule has 27 heavy (non-hydrogen) atoms. The molecular weight excluding hydrogens is 337 g/mol. The van der Waals surface area contributed by atoms with Crippen LogP contribution in [0.5, 0.6) is 0 Å². The summed E-state index contributed by atoms with van der Waals surface area (Å²) in [5.74, 6) is -0.160. The van der Waals surface area contributed by atoms with E-state index >= 15 is 0 Å². The first-order valence-corrected chi connectivity index (χ1v) is 9.89. The smallest absolute Gasteiger partial charge is 0.123 e. The first kappa shape index (κ1) is 19.5. The predicted molar refractivity (Wildman–Crippen MR) is 106 cm³/mol. The number of rotatable bonds is 8. The molecule has 0 aromatic heterocycles. The van der Waals surface area contributed by atoms with E-state index in [1.807, 2.05) is 12.1 Å². The van der Waals surface area contributed by atoms with Crippen LogP contribution in [0.4, 0.5) is 4.39 Å². The van der Waals surface area contributed by atoms with Crippen molar-refractivity contribution in [2.24, 2.45) is 0 Å². The fourth-order valence-electron chi connectivity index (χ4n) is 3.85. The van der Waals surface area contributed by atoms with Crippen molar-refractivity contribution in [2.75, 3.05) is 13.1 Å². The Morgan fingerprint density at radius 3 is 2.59 bits per heavy atom. The molecule has 0 amide bonds. The lowest BCUT2D eigenvalue weighted by Crippen LogP contribution is -2.43. The van der Waals surface area contributed by atoms with Crippen LogP contribution in [0.1, 0.15) is 49.3 Å². The van der Waals surface area contributed by atoms with Crippen molar-refractivity contribution in [3.05, 3.63) is 71.5 Å². The molecule has 0 spiro atoms. The van der Waals surface area contributed by atoms with Gasteiger partial charge in [0.05, 0.1) is 6.07 Å². The van der Waals surface area contributed by atoms with Gasteiger partial charge in [0, 0.05) is 25.0 Å². The maximum atomic E-state index is 13.4. The summed E-state index contributed by atoms with van der Waals surface area (Å²) in [5.41, 5.74) is 2.35. The molecule has 3 rings (SSSR count). The molecule has 2 aromatic carbocycles. The average Bonchev–Trinajstić information content (AvgIpc) is 2.69. The van der Waals surface area contributed by atoms with Gasteiger partial charge < -0.3 is 5.32 Å². The second-order valence-electron chi connectivity index (χ2n) is 7.36. The normalized spacial score (nSPS) is 16.7. The van der Waals surface area contributed by atoms with E-state index in [2.05, 4.69) is 40.6 Å². The summed E-state index contributed by atoms with van der Waals surface area (Å²) in [6, 6.07) is 20.5. The largest absolute Gasteiger partial charge is 0.307 e. The topological polar surface area (TPSA) is 39.1 Å². The van der Waals surface area contributed by atoms with Crippen molar-refractivity contribution in [1.82, 2.24) is 10.2 Å². The molecule has 0 radical (unpaired) electrons. The number of nitriles is 1. The van der Waals surface area contributed by atoms with E-state index < -0.39 is 0 Å². The van der Waals surface area contributed by atoms with E-state index in [1.54, 1.807) is 12.1 Å². The highest BCUT2D eigenvalue weighted by atomic mass is 19.1. The molecule has 1 fully saturated rings. The number of likely N-dealkylation sites (tertiary alicyclic amines) is 1. The summed E-state index contributed by atoms with van der Waals surface area (Å²) in [5, 5.41) is 12.7. The molecule has 1 unspecified atom stereocenters. The van der Waals surface area contributed by atoms with Crippen LogP contribution in [-0.2, 0) is 6.54 Å². The lowest BCUT2D eigenvalue weighted by Gasteiger charge is -2.35. The van der Waals surface area contributed by atoms with E-state index in [4.69, 9.17) is 5.26 Å². The van der Waals surface area contributed by atoms with Gasteiger partial charge in [-0.25, -0.2) is 4.39 Å². The first-order valence-electron chi connectivity index (χ1n) is 9.89. The Morgan fingerprint density at radius 2 is 1.89 bits per heavy atom. The molecule has 1 aliphatic rings. The second-order valence-corrected chi connectivity index (χ2v) is 7.36. The molecule has 3 nitrogen and oxygen atoms in total. The van der Waals surface area contributed by atoms with Crippen LogP contribution in [0.2, 0.25) is 0 Å². The molecule has 0 aliphatic carbocycles. The molecule has 4 heteroatoms. The minimum absolute atomic E-state index is 0.160. The van der Waals surface area contributed by atoms with Crippen molar-refractivity contribution >= 4 is 0 Å². The number of benzene rings is 2. The summed E-state index contributed by atoms with van der Waals surface area (Å²) in [6.07, 6.45) is 4.70. The number of halogens is 1. The third-order valence-electron chi connectivity index (χ3n) is 5.30. The highest BCUT2D eigenvalue weighted by Crippen LogP contribution is 2.23. The minimum atomic E-state index is -0.160. The molecule has 1 atom stereocenters. The number of unbranched alkanes of at least 4 members (excludes halogenated alkanes) is 1. The number of hydrogen-bond donors (Lipinski definition) is 1. The summed E-state index contributed by atoms with van der Waals surface area (Å²) in [4.78, 5) is 2.40. The van der Waals surface area contributed by atoms with Gasteiger partial charge in [0.1, 0.15) is 5.82 Å². The Bertz CT molecular complexity index is 733. The van der Waals surface area contributed by atoms with Gasteiger partial charge in [-0.15, -0.1) is 0 Å². The molecule has 1 N–H and O–H groups in total. The van der Waals surface area contributed by atoms with E-state index in [9.17, 15) is 4.39 Å². The van der Waals surface area contributed by atoms with Gasteiger partial charge in [0.2, 0.25) is 0 Å². The summed E-state index contributed by atoms with van der Waals surface area (Å²) in [7, 11) is 0. The van der Waals surface area contributed by atoms with Crippen LogP contribution < -0.4 is 5.32 Å². The van der Waals surface area contributed by atoms with Crippen molar-refractivity contribution in [3.63, 3.8) is 0 Å². The Labute approximate surface area is 161 Å². The van der Waals surface area contributed by atoms with E-state index in [-0.39, 0.29) is 5.82 Å². The van der Waals surface area contributed by atoms with Crippen LogP contribution in [0.15, 0.2) is 54.6 Å². The van der Waals surface area contributed by atoms with Gasteiger partial charge in [-0.2, -0.15) is 5.26 Å². The van der Waals surface area contributed by atoms with Gasteiger partial charge >= 0.3 is 0 Å². The summed E-state index contributed by atoms with van der Waals surface area (Å²) < 4.78 is 13.4. The van der Waals surface area contributed by atoms with Crippen molar-refractivity contribution in [3.8, 4) is 6.07 Å². The molecule has 1 heterocycles. The van der Waals surface area contributed by atoms with Crippen LogP contribution in [0.3, 0.4) is 0 Å². The van der Waals surface area contributed by atoms with Gasteiger partial charge in [-0.1, -0.05) is 42.5 Å². The van der Waals surface area contributed by atoms with Gasteiger partial charge in [-0.05, 0) is 62.0 Å². The van der Waals surface area contributed by atoms with Crippen molar-refractivity contribution < 1.29 is 4.39 Å². The number of nitrogens with zero attached hydrogens (tertiary/aromatic N) is 2. The van der Waals surface area contributed by atoms with Crippen LogP contribution in [-0.4, -0.2) is 24.0 Å². The van der Waals surface area contributed by atoms with Crippen LogP contribution in [0.25, 0.3) is 0 Å². The van der Waals surface area contributed by atoms with Gasteiger partial charge in [0.15, 0.2) is 0 Å². The molecule has 2 aromatic rings. The van der Waals surface area contributed by atoms with E-state index in [1.165, 1.54) is 11.6 Å². The van der Waals surface area contributed by atoms with Gasteiger partial charge in [0.25, 0.3) is 0 Å². The highest BCUT2D eigenvalue weighted by molar-refractivity contribution is 5.19.